The molecular formula is C49H57N3O10. The van der Waals surface area contributed by atoms with Crippen molar-refractivity contribution in [3.05, 3.63) is 125 Å². The summed E-state index contributed by atoms with van der Waals surface area (Å²) in [7, 11) is 0. The summed E-state index contributed by atoms with van der Waals surface area (Å²) in [5.41, 5.74) is 2.40. The number of unbranched alkanes of at least 4 members (excludes halogenated alkanes) is 2. The summed E-state index contributed by atoms with van der Waals surface area (Å²) in [6.45, 7) is 8.72. The van der Waals surface area contributed by atoms with Crippen LogP contribution in [0, 0.1) is 27.9 Å². The lowest BCUT2D eigenvalue weighted by Gasteiger charge is -2.59. The fourth-order valence-electron chi connectivity index (χ4n) is 9.63. The Morgan fingerprint density at radius 3 is 2.37 bits per heavy atom. The number of nitrogens with zero attached hydrogens (tertiary/aromatic N) is 3. The second kappa shape index (κ2) is 20.4. The number of non-ortho nitro benzene ring substituents is 1. The highest BCUT2D eigenvalue weighted by Crippen LogP contribution is 2.62. The molecule has 1 saturated carbocycles. The molecule has 0 bridgehead atoms. The fraction of sp³-hybridized carbons (Fsp3) is 0.429. The molecular weight excluding hydrogens is 791 g/mol. The highest BCUT2D eigenvalue weighted by molar-refractivity contribution is 6.03. The van der Waals surface area contributed by atoms with Gasteiger partial charge in [0.1, 0.15) is 35.6 Å². The second-order valence-electron chi connectivity index (χ2n) is 16.1. The summed E-state index contributed by atoms with van der Waals surface area (Å²) >= 11 is 0. The Labute approximate surface area is 362 Å². The van der Waals surface area contributed by atoms with Crippen LogP contribution in [0.15, 0.2) is 114 Å². The molecule has 7 rings (SSSR count). The number of hydrogen-bond donors (Lipinski definition) is 2. The SMILES string of the molecule is C=CCOC12Oc3ccc(Oc4ccc5ccccc5c4)cc3C3C(CCCCO)C(CCCCO)C=C(C(=NOCC)CC1N(CCC)C(=O)Oc1ccc([N+](=O)[O-])cc1)C32. The number of hydrogen-bond acceptors (Lipinski definition) is 11. The van der Waals surface area contributed by atoms with E-state index in [1.165, 1.54) is 24.3 Å². The van der Waals surface area contributed by atoms with Gasteiger partial charge >= 0.3 is 6.09 Å². The number of carbonyl (C=O) groups excluding carboxylic acids is 1. The molecule has 6 unspecified atom stereocenters. The Morgan fingerprint density at radius 1 is 0.952 bits per heavy atom. The van der Waals surface area contributed by atoms with Crippen LogP contribution in [0.3, 0.4) is 0 Å². The first-order valence-electron chi connectivity index (χ1n) is 21.8. The number of fused-ring (bicyclic) bond motifs is 3. The average molecular weight is 848 g/mol. The standard InChI is InChI=1S/C49H57N3O10/c1-4-25-51(48(55)61-37-21-18-36(19-22-37)52(56)57)45-32-43(50-59-6-3)41-30-35(15-9-11-26-53)40(16-10-12-27-54)46-42-31-39(60-38-20-17-33-13-7-8-14-34(33)29-38)23-24-44(42)62-49(45,47(41)46)58-28-5-2/h5,7-8,13-14,17-24,29-31,35,40,45-47,53-54H,2,4,6,9-12,15-16,25-28,32H2,1,3H3. The molecule has 62 heavy (non-hydrogen) atoms. The predicted molar refractivity (Wildman–Crippen MR) is 237 cm³/mol. The summed E-state index contributed by atoms with van der Waals surface area (Å²) in [4.78, 5) is 32.9. The van der Waals surface area contributed by atoms with Crippen LogP contribution in [-0.4, -0.2) is 76.6 Å². The summed E-state index contributed by atoms with van der Waals surface area (Å²) in [6, 6.07) is 24.7. The van der Waals surface area contributed by atoms with Gasteiger partial charge in [-0.05, 0) is 110 Å². The van der Waals surface area contributed by atoms with Gasteiger partial charge in [-0.25, -0.2) is 4.79 Å². The van der Waals surface area contributed by atoms with Crippen molar-refractivity contribution in [3.63, 3.8) is 0 Å². The van der Waals surface area contributed by atoms with E-state index >= 15 is 0 Å². The maximum absolute atomic E-state index is 14.6. The van der Waals surface area contributed by atoms with Crippen molar-refractivity contribution in [2.24, 2.45) is 22.9 Å². The average Bonchev–Trinajstić information content (AvgIpc) is 3.28. The minimum atomic E-state index is -1.47. The van der Waals surface area contributed by atoms with Crippen LogP contribution in [-0.2, 0) is 9.57 Å². The molecule has 1 heterocycles. The summed E-state index contributed by atoms with van der Waals surface area (Å²) in [6.07, 6.45) is 8.57. The van der Waals surface area contributed by atoms with Crippen molar-refractivity contribution >= 4 is 28.3 Å². The van der Waals surface area contributed by atoms with Crippen LogP contribution in [0.4, 0.5) is 10.5 Å². The predicted octanol–water partition coefficient (Wildman–Crippen LogP) is 10.1. The maximum atomic E-state index is 14.6. The summed E-state index contributed by atoms with van der Waals surface area (Å²) in [5.74, 6) is -0.0583. The van der Waals surface area contributed by atoms with Gasteiger partial charge in [0.15, 0.2) is 0 Å². The van der Waals surface area contributed by atoms with Crippen molar-refractivity contribution in [1.29, 1.82) is 0 Å². The maximum Gasteiger partial charge on any atom is 0.415 e. The number of amides is 1. The third-order valence-electron chi connectivity index (χ3n) is 12.2. The zero-order chi connectivity index (χ0) is 43.6. The number of carbonyl (C=O) groups is 1. The number of ether oxygens (including phenoxy) is 4. The molecule has 13 heteroatoms. The summed E-state index contributed by atoms with van der Waals surface area (Å²) < 4.78 is 26.9. The number of aliphatic hydroxyl groups excluding tert-OH is 2. The Hall–Kier alpha value is -5.76. The van der Waals surface area contributed by atoms with Gasteiger partial charge < -0.3 is 34.0 Å². The topological polar surface area (TPSA) is 162 Å². The molecule has 0 aromatic heterocycles. The molecule has 6 atom stereocenters. The van der Waals surface area contributed by atoms with Gasteiger partial charge in [-0.3, -0.25) is 15.0 Å². The molecule has 4 aromatic rings. The van der Waals surface area contributed by atoms with Crippen LogP contribution >= 0.6 is 0 Å². The largest absolute Gasteiger partial charge is 0.459 e. The lowest BCUT2D eigenvalue weighted by molar-refractivity contribution is -0.384. The molecule has 13 nitrogen and oxygen atoms in total. The van der Waals surface area contributed by atoms with Crippen molar-refractivity contribution in [3.8, 4) is 23.0 Å². The zero-order valence-electron chi connectivity index (χ0n) is 35.5. The molecule has 0 saturated heterocycles. The van der Waals surface area contributed by atoms with Gasteiger partial charge in [0, 0.05) is 49.8 Å². The third-order valence-corrected chi connectivity index (χ3v) is 12.2. The zero-order valence-corrected chi connectivity index (χ0v) is 35.5. The fourth-order valence-corrected chi connectivity index (χ4v) is 9.63. The van der Waals surface area contributed by atoms with Crippen LogP contribution in [0.5, 0.6) is 23.0 Å². The Morgan fingerprint density at radius 2 is 1.66 bits per heavy atom. The summed E-state index contributed by atoms with van der Waals surface area (Å²) in [5, 5.41) is 38.1. The van der Waals surface area contributed by atoms with Gasteiger partial charge in [-0.1, -0.05) is 67.4 Å². The Balaban J connectivity index is 1.40. The first-order valence-corrected chi connectivity index (χ1v) is 21.8. The van der Waals surface area contributed by atoms with E-state index in [9.17, 15) is 25.1 Å². The highest BCUT2D eigenvalue weighted by Gasteiger charge is 2.65. The van der Waals surface area contributed by atoms with Gasteiger partial charge in [-0.15, -0.1) is 6.58 Å². The lowest BCUT2D eigenvalue weighted by Crippen LogP contribution is -2.70. The van der Waals surface area contributed by atoms with Crippen molar-refractivity contribution < 1.29 is 43.7 Å². The molecule has 1 amide bonds. The van der Waals surface area contributed by atoms with E-state index in [0.717, 1.165) is 47.6 Å². The number of nitro groups is 1. The second-order valence-corrected chi connectivity index (χ2v) is 16.1. The number of aliphatic hydroxyl groups is 2. The number of benzene rings is 4. The molecule has 0 radical (unpaired) electrons. The van der Waals surface area contributed by atoms with Crippen molar-refractivity contribution in [1.82, 2.24) is 4.90 Å². The van der Waals surface area contributed by atoms with E-state index in [1.54, 1.807) is 11.0 Å². The number of nitro benzene ring substituents is 1. The van der Waals surface area contributed by atoms with Gasteiger partial charge in [0.2, 0.25) is 5.79 Å². The third kappa shape index (κ3) is 9.35. The first-order chi connectivity index (χ1) is 30.2. The minimum absolute atomic E-state index is 0.0260. The van der Waals surface area contributed by atoms with E-state index in [4.69, 9.17) is 28.9 Å². The van der Waals surface area contributed by atoms with E-state index in [-0.39, 0.29) is 62.0 Å². The normalized spacial score (nSPS) is 23.1. The Bertz CT molecular complexity index is 2260. The Kier molecular flexibility index (Phi) is 14.6. The molecule has 328 valence electrons. The molecule has 0 spiro atoms. The van der Waals surface area contributed by atoms with Gasteiger partial charge in [0.25, 0.3) is 5.69 Å². The number of allylic oxidation sites excluding steroid dienone is 1. The van der Waals surface area contributed by atoms with Crippen molar-refractivity contribution in [2.75, 3.05) is 33.0 Å². The van der Waals surface area contributed by atoms with Crippen molar-refractivity contribution in [2.45, 2.75) is 83.0 Å². The molecule has 2 aliphatic carbocycles. The first kappa shape index (κ1) is 44.3. The van der Waals surface area contributed by atoms with Gasteiger partial charge in [0.05, 0.1) is 23.2 Å². The van der Waals surface area contributed by atoms with E-state index in [1.807, 2.05) is 56.3 Å². The molecule has 3 aliphatic rings. The number of oxime groups is 1. The molecule has 2 N–H and O–H groups in total. The van der Waals surface area contributed by atoms with Crippen LogP contribution < -0.4 is 14.2 Å². The molecule has 1 aliphatic heterocycles. The number of rotatable bonds is 20. The van der Waals surface area contributed by atoms with E-state index in [2.05, 4.69) is 30.9 Å². The van der Waals surface area contributed by atoms with Crippen LogP contribution in [0.2, 0.25) is 0 Å². The van der Waals surface area contributed by atoms with E-state index < -0.39 is 28.8 Å². The quantitative estimate of drug-likeness (QED) is 0.0379. The van der Waals surface area contributed by atoms with Gasteiger partial charge in [-0.2, -0.15) is 0 Å². The van der Waals surface area contributed by atoms with Crippen LogP contribution in [0.25, 0.3) is 10.8 Å². The highest BCUT2D eigenvalue weighted by atomic mass is 16.7. The van der Waals surface area contributed by atoms with E-state index in [0.29, 0.717) is 48.8 Å². The molecule has 1 fully saturated rings. The lowest BCUT2D eigenvalue weighted by atomic mass is 9.55. The smallest absolute Gasteiger partial charge is 0.415 e. The monoisotopic (exact) mass is 847 g/mol. The minimum Gasteiger partial charge on any atom is -0.459 e. The molecule has 4 aromatic carbocycles. The van der Waals surface area contributed by atoms with Crippen LogP contribution in [0.1, 0.15) is 76.7 Å².